The first-order chi connectivity index (χ1) is 10.3. The van der Waals surface area contributed by atoms with Crippen molar-refractivity contribution in [3.05, 3.63) is 40.9 Å². The van der Waals surface area contributed by atoms with E-state index in [1.165, 1.54) is 25.3 Å². The average molecular weight is 338 g/mol. The van der Waals surface area contributed by atoms with E-state index in [4.69, 9.17) is 0 Å². The van der Waals surface area contributed by atoms with Crippen molar-refractivity contribution in [2.75, 3.05) is 7.05 Å². The third kappa shape index (κ3) is 3.53. The lowest BCUT2D eigenvalue weighted by Gasteiger charge is -2.10. The number of aromatic nitrogens is 1. The first-order valence-corrected chi connectivity index (χ1v) is 9.33. The summed E-state index contributed by atoms with van der Waals surface area (Å²) in [5.41, 5.74) is 1.65. The number of carbonyl (C=O) groups excluding carboxylic acids is 1. The van der Waals surface area contributed by atoms with Crippen LogP contribution in [0, 0.1) is 6.92 Å². The van der Waals surface area contributed by atoms with Crippen LogP contribution in [0.15, 0.2) is 30.3 Å². The highest BCUT2D eigenvalue weighted by molar-refractivity contribution is 7.92. The minimum absolute atomic E-state index is 0.169. The second-order valence-electron chi connectivity index (χ2n) is 4.96. The fourth-order valence-corrected chi connectivity index (χ4v) is 4.80. The Bertz CT molecular complexity index is 767. The van der Waals surface area contributed by atoms with Gasteiger partial charge in [-0.15, -0.1) is 11.3 Å². The molecule has 118 valence electrons. The largest absolute Gasteiger partial charge is 0.358 e. The number of sulfone groups is 1. The van der Waals surface area contributed by atoms with E-state index in [9.17, 15) is 13.2 Å². The lowest BCUT2D eigenvalue weighted by Crippen LogP contribution is -2.36. The Balaban J connectivity index is 2.28. The van der Waals surface area contributed by atoms with Crippen LogP contribution in [0.4, 0.5) is 0 Å². The van der Waals surface area contributed by atoms with Gasteiger partial charge in [-0.05, 0) is 13.8 Å². The van der Waals surface area contributed by atoms with Crippen LogP contribution >= 0.6 is 11.3 Å². The molecule has 7 heteroatoms. The first-order valence-electron chi connectivity index (χ1n) is 6.80. The monoisotopic (exact) mass is 338 g/mol. The number of hydrogen-bond donors (Lipinski definition) is 1. The molecule has 1 atom stereocenters. The molecule has 0 saturated heterocycles. The van der Waals surface area contributed by atoms with Crippen molar-refractivity contribution >= 4 is 27.1 Å². The molecule has 0 saturated carbocycles. The van der Waals surface area contributed by atoms with Crippen LogP contribution in [-0.2, 0) is 20.4 Å². The molecule has 0 aliphatic carbocycles. The van der Waals surface area contributed by atoms with Gasteiger partial charge in [0.15, 0.2) is 9.84 Å². The Kier molecular flexibility index (Phi) is 4.97. The molecule has 5 nitrogen and oxygen atoms in total. The van der Waals surface area contributed by atoms with Gasteiger partial charge >= 0.3 is 0 Å². The number of benzene rings is 1. The maximum absolute atomic E-state index is 12.3. The molecule has 0 radical (unpaired) electrons. The van der Waals surface area contributed by atoms with Crippen LogP contribution in [0.25, 0.3) is 10.6 Å². The summed E-state index contributed by atoms with van der Waals surface area (Å²) in [4.78, 5) is 16.7. The highest BCUT2D eigenvalue weighted by atomic mass is 32.2. The van der Waals surface area contributed by atoms with E-state index in [1.54, 1.807) is 6.92 Å². The average Bonchev–Trinajstić information content (AvgIpc) is 2.87. The molecule has 0 aliphatic rings. The standard InChI is InChI=1S/C15H18N2O3S2/c1-10-13(9-22(19,20)11(2)14(18)16-3)21-15(17-10)12-7-5-4-6-8-12/h4-8,11H,9H2,1-3H3,(H,16,18)/t11-/m1/s1. The van der Waals surface area contributed by atoms with Gasteiger partial charge in [0, 0.05) is 17.5 Å². The van der Waals surface area contributed by atoms with Gasteiger partial charge in [0.05, 0.1) is 11.4 Å². The zero-order chi connectivity index (χ0) is 16.3. The van der Waals surface area contributed by atoms with Gasteiger partial charge in [-0.1, -0.05) is 30.3 Å². The second-order valence-corrected chi connectivity index (χ2v) is 8.36. The number of aryl methyl sites for hydroxylation is 1. The predicted molar refractivity (Wildman–Crippen MR) is 88.4 cm³/mol. The van der Waals surface area contributed by atoms with Gasteiger partial charge in [0.25, 0.3) is 0 Å². The predicted octanol–water partition coefficient (Wildman–Crippen LogP) is 2.17. The Morgan fingerprint density at radius 1 is 1.32 bits per heavy atom. The molecule has 1 N–H and O–H groups in total. The molecule has 1 aromatic carbocycles. The Hall–Kier alpha value is -1.73. The first kappa shape index (κ1) is 16.6. The summed E-state index contributed by atoms with van der Waals surface area (Å²) in [6.07, 6.45) is 0. The molecule has 0 fully saturated rings. The van der Waals surface area contributed by atoms with Crippen molar-refractivity contribution in [2.24, 2.45) is 0 Å². The molecule has 0 unspecified atom stereocenters. The molecular formula is C15H18N2O3S2. The second kappa shape index (κ2) is 6.58. The summed E-state index contributed by atoms with van der Waals surface area (Å²) in [6, 6.07) is 9.61. The molecule has 0 aliphatic heterocycles. The number of nitrogens with one attached hydrogen (secondary N) is 1. The van der Waals surface area contributed by atoms with Crippen molar-refractivity contribution in [3.8, 4) is 10.6 Å². The Labute approximate surface area is 134 Å². The van der Waals surface area contributed by atoms with Gasteiger partial charge in [-0.2, -0.15) is 0 Å². The van der Waals surface area contributed by atoms with E-state index < -0.39 is 21.0 Å². The van der Waals surface area contributed by atoms with E-state index in [1.807, 2.05) is 30.3 Å². The summed E-state index contributed by atoms with van der Waals surface area (Å²) in [6.45, 7) is 3.20. The lowest BCUT2D eigenvalue weighted by molar-refractivity contribution is -0.119. The van der Waals surface area contributed by atoms with Crippen molar-refractivity contribution in [3.63, 3.8) is 0 Å². The molecule has 0 spiro atoms. The number of nitrogens with zero attached hydrogens (tertiary/aromatic N) is 1. The van der Waals surface area contributed by atoms with E-state index in [2.05, 4.69) is 10.3 Å². The fourth-order valence-electron chi connectivity index (χ4n) is 1.94. The van der Waals surface area contributed by atoms with E-state index in [0.29, 0.717) is 10.6 Å². The highest BCUT2D eigenvalue weighted by Gasteiger charge is 2.29. The minimum atomic E-state index is -3.56. The topological polar surface area (TPSA) is 76.1 Å². The minimum Gasteiger partial charge on any atom is -0.358 e. The van der Waals surface area contributed by atoms with Crippen LogP contribution in [0.2, 0.25) is 0 Å². The Morgan fingerprint density at radius 2 is 1.95 bits per heavy atom. The van der Waals surface area contributed by atoms with Crippen molar-refractivity contribution in [2.45, 2.75) is 24.9 Å². The molecular weight excluding hydrogens is 320 g/mol. The number of hydrogen-bond acceptors (Lipinski definition) is 5. The van der Waals surface area contributed by atoms with Crippen LogP contribution < -0.4 is 5.32 Å². The number of carbonyl (C=O) groups is 1. The summed E-state index contributed by atoms with van der Waals surface area (Å²) in [5, 5.41) is 2.09. The molecule has 1 heterocycles. The van der Waals surface area contributed by atoms with Crippen molar-refractivity contribution in [1.82, 2.24) is 10.3 Å². The normalized spacial score (nSPS) is 12.9. The zero-order valence-corrected chi connectivity index (χ0v) is 14.3. The van der Waals surface area contributed by atoms with E-state index >= 15 is 0 Å². The Morgan fingerprint density at radius 3 is 2.55 bits per heavy atom. The van der Waals surface area contributed by atoms with Crippen LogP contribution in [-0.4, -0.2) is 31.6 Å². The van der Waals surface area contributed by atoms with Gasteiger partial charge in [-0.3, -0.25) is 4.79 Å². The van der Waals surface area contributed by atoms with Crippen molar-refractivity contribution in [1.29, 1.82) is 0 Å². The number of amides is 1. The van der Waals surface area contributed by atoms with Gasteiger partial charge in [0.1, 0.15) is 10.3 Å². The summed E-state index contributed by atoms with van der Waals surface area (Å²) < 4.78 is 24.6. The summed E-state index contributed by atoms with van der Waals surface area (Å²) >= 11 is 1.35. The molecule has 22 heavy (non-hydrogen) atoms. The molecule has 2 aromatic rings. The molecule has 0 bridgehead atoms. The maximum atomic E-state index is 12.3. The third-order valence-corrected chi connectivity index (χ3v) is 6.77. The van der Waals surface area contributed by atoms with Crippen molar-refractivity contribution < 1.29 is 13.2 Å². The van der Waals surface area contributed by atoms with Crippen LogP contribution in [0.5, 0.6) is 0 Å². The summed E-state index contributed by atoms with van der Waals surface area (Å²) in [5.74, 6) is -0.664. The fraction of sp³-hybridized carbons (Fsp3) is 0.333. The number of rotatable bonds is 5. The number of thiazole rings is 1. The molecule has 1 aromatic heterocycles. The molecule has 1 amide bonds. The van der Waals surface area contributed by atoms with Gasteiger partial charge < -0.3 is 5.32 Å². The van der Waals surface area contributed by atoms with Crippen LogP contribution in [0.1, 0.15) is 17.5 Å². The quantitative estimate of drug-likeness (QED) is 0.906. The lowest BCUT2D eigenvalue weighted by atomic mass is 10.2. The highest BCUT2D eigenvalue weighted by Crippen LogP contribution is 2.29. The molecule has 2 rings (SSSR count). The van der Waals surface area contributed by atoms with Gasteiger partial charge in [-0.25, -0.2) is 13.4 Å². The SMILES string of the molecule is CNC(=O)[C@@H](C)S(=O)(=O)Cc1sc(-c2ccccc2)nc1C. The van der Waals surface area contributed by atoms with E-state index in [0.717, 1.165) is 10.6 Å². The maximum Gasteiger partial charge on any atom is 0.237 e. The van der Waals surface area contributed by atoms with E-state index in [-0.39, 0.29) is 5.75 Å². The zero-order valence-electron chi connectivity index (χ0n) is 12.7. The van der Waals surface area contributed by atoms with Crippen LogP contribution in [0.3, 0.4) is 0 Å². The van der Waals surface area contributed by atoms with Gasteiger partial charge in [0.2, 0.25) is 5.91 Å². The summed E-state index contributed by atoms with van der Waals surface area (Å²) in [7, 11) is -2.13. The smallest absolute Gasteiger partial charge is 0.237 e. The third-order valence-electron chi connectivity index (χ3n) is 3.40.